The monoisotopic (exact) mass is 291 g/mol. The molecule has 0 bridgehead atoms. The van der Waals surface area contributed by atoms with Gasteiger partial charge in [-0.3, -0.25) is 9.59 Å². The number of phenols is 1. The number of carboxylic acids is 1. The minimum absolute atomic E-state index is 0.0174. The molecule has 1 fully saturated rings. The molecule has 1 saturated carbocycles. The molecule has 0 heterocycles. The highest BCUT2D eigenvalue weighted by atomic mass is 16.4. The van der Waals surface area contributed by atoms with Crippen LogP contribution >= 0.6 is 0 Å². The molecule has 1 aromatic rings. The second kappa shape index (κ2) is 5.76. The molecule has 0 radical (unpaired) electrons. The first-order valence-corrected chi connectivity index (χ1v) is 7.18. The third-order valence-electron chi connectivity index (χ3n) is 4.42. The Morgan fingerprint density at radius 3 is 2.43 bits per heavy atom. The third-order valence-corrected chi connectivity index (χ3v) is 4.42. The lowest BCUT2D eigenvalue weighted by Gasteiger charge is -2.23. The van der Waals surface area contributed by atoms with Crippen molar-refractivity contribution in [3.8, 4) is 5.75 Å². The van der Waals surface area contributed by atoms with Gasteiger partial charge in [-0.05, 0) is 38.3 Å². The molecule has 5 heteroatoms. The van der Waals surface area contributed by atoms with Gasteiger partial charge in [-0.2, -0.15) is 0 Å². The van der Waals surface area contributed by atoms with E-state index in [2.05, 4.69) is 5.32 Å². The van der Waals surface area contributed by atoms with Crippen LogP contribution in [-0.4, -0.2) is 22.1 Å². The number of benzene rings is 1. The molecule has 0 spiro atoms. The van der Waals surface area contributed by atoms with Gasteiger partial charge in [0.15, 0.2) is 0 Å². The Morgan fingerprint density at radius 2 is 1.86 bits per heavy atom. The summed E-state index contributed by atoms with van der Waals surface area (Å²) in [6, 6.07) is 3.45. The Balaban J connectivity index is 2.12. The number of carbonyl (C=O) groups excluding carboxylic acids is 1. The summed E-state index contributed by atoms with van der Waals surface area (Å²) in [5.74, 6) is -1.05. The summed E-state index contributed by atoms with van der Waals surface area (Å²) in [6.07, 6.45) is 2.78. The smallest absolute Gasteiger partial charge is 0.310 e. The fourth-order valence-corrected chi connectivity index (χ4v) is 2.99. The van der Waals surface area contributed by atoms with E-state index in [0.29, 0.717) is 24.1 Å². The van der Waals surface area contributed by atoms with Crippen molar-refractivity contribution in [2.45, 2.75) is 46.0 Å². The second-order valence-corrected chi connectivity index (χ2v) is 5.92. The molecule has 1 amide bonds. The van der Waals surface area contributed by atoms with E-state index < -0.39 is 11.4 Å². The van der Waals surface area contributed by atoms with Gasteiger partial charge >= 0.3 is 5.97 Å². The normalized spacial score (nSPS) is 16.7. The summed E-state index contributed by atoms with van der Waals surface area (Å²) >= 11 is 0. The van der Waals surface area contributed by atoms with Crippen LogP contribution in [0.4, 0.5) is 5.69 Å². The van der Waals surface area contributed by atoms with Crippen molar-refractivity contribution in [1.82, 2.24) is 0 Å². The van der Waals surface area contributed by atoms with Crippen molar-refractivity contribution in [3.05, 3.63) is 23.3 Å². The number of hydrogen-bond acceptors (Lipinski definition) is 3. The van der Waals surface area contributed by atoms with Crippen LogP contribution in [0.25, 0.3) is 0 Å². The molecule has 0 aromatic heterocycles. The first-order chi connectivity index (χ1) is 9.85. The van der Waals surface area contributed by atoms with E-state index in [0.717, 1.165) is 18.4 Å². The van der Waals surface area contributed by atoms with Crippen molar-refractivity contribution in [2.24, 2.45) is 5.41 Å². The predicted molar refractivity (Wildman–Crippen MR) is 79.4 cm³/mol. The average molecular weight is 291 g/mol. The molecule has 0 atom stereocenters. The molecule has 3 N–H and O–H groups in total. The molecule has 2 rings (SSSR count). The molecule has 21 heavy (non-hydrogen) atoms. The first kappa shape index (κ1) is 15.4. The average Bonchev–Trinajstić information content (AvgIpc) is 2.89. The summed E-state index contributed by atoms with van der Waals surface area (Å²) in [6.45, 7) is 3.51. The summed E-state index contributed by atoms with van der Waals surface area (Å²) < 4.78 is 0. The molecule has 1 aliphatic rings. The molecule has 0 aliphatic heterocycles. The van der Waals surface area contributed by atoms with Gasteiger partial charge in [0.25, 0.3) is 0 Å². The topological polar surface area (TPSA) is 86.6 Å². The fraction of sp³-hybridized carbons (Fsp3) is 0.500. The molecule has 1 aliphatic carbocycles. The van der Waals surface area contributed by atoms with Crippen LogP contribution in [0.5, 0.6) is 5.75 Å². The molecule has 0 unspecified atom stereocenters. The van der Waals surface area contributed by atoms with E-state index in [-0.39, 0.29) is 18.1 Å². The van der Waals surface area contributed by atoms with Gasteiger partial charge in [-0.25, -0.2) is 0 Å². The highest BCUT2D eigenvalue weighted by Gasteiger charge is 2.43. The quantitative estimate of drug-likeness (QED) is 0.796. The molecule has 0 saturated heterocycles. The van der Waals surface area contributed by atoms with E-state index >= 15 is 0 Å². The number of amides is 1. The molecule has 1 aromatic carbocycles. The van der Waals surface area contributed by atoms with Crippen LogP contribution in [0.3, 0.4) is 0 Å². The van der Waals surface area contributed by atoms with Crippen molar-refractivity contribution >= 4 is 17.6 Å². The number of aromatic hydroxyl groups is 1. The van der Waals surface area contributed by atoms with E-state index in [4.69, 9.17) is 0 Å². The maximum Gasteiger partial charge on any atom is 0.310 e. The minimum Gasteiger partial charge on any atom is -0.507 e. The van der Waals surface area contributed by atoms with Gasteiger partial charge in [-0.1, -0.05) is 18.9 Å². The summed E-state index contributed by atoms with van der Waals surface area (Å²) in [5.41, 5.74) is 0.939. The van der Waals surface area contributed by atoms with Gasteiger partial charge in [-0.15, -0.1) is 0 Å². The van der Waals surface area contributed by atoms with Crippen molar-refractivity contribution in [1.29, 1.82) is 0 Å². The Labute approximate surface area is 124 Å². The van der Waals surface area contributed by atoms with E-state index in [1.807, 2.05) is 0 Å². The van der Waals surface area contributed by atoms with Gasteiger partial charge < -0.3 is 15.5 Å². The lowest BCUT2D eigenvalue weighted by Crippen LogP contribution is -2.32. The SMILES string of the molecule is Cc1ccc(NC(=O)CC2(C(=O)O)CCCC2)c(C)c1O. The fourth-order valence-electron chi connectivity index (χ4n) is 2.99. The number of nitrogens with one attached hydrogen (secondary N) is 1. The Hall–Kier alpha value is -2.04. The predicted octanol–water partition coefficient (Wildman–Crippen LogP) is 2.98. The van der Waals surface area contributed by atoms with Gasteiger partial charge in [0.05, 0.1) is 5.41 Å². The van der Waals surface area contributed by atoms with Gasteiger partial charge in [0.1, 0.15) is 5.75 Å². The Bertz CT molecular complexity index is 574. The van der Waals surface area contributed by atoms with E-state index in [9.17, 15) is 19.8 Å². The van der Waals surface area contributed by atoms with Crippen LogP contribution in [0.15, 0.2) is 12.1 Å². The lowest BCUT2D eigenvalue weighted by atomic mass is 9.82. The summed E-state index contributed by atoms with van der Waals surface area (Å²) in [5, 5.41) is 22.0. The Kier molecular flexibility index (Phi) is 4.21. The van der Waals surface area contributed by atoms with Crippen molar-refractivity contribution in [2.75, 3.05) is 5.32 Å². The number of carbonyl (C=O) groups is 2. The molecular weight excluding hydrogens is 270 g/mol. The summed E-state index contributed by atoms with van der Waals surface area (Å²) in [4.78, 5) is 23.6. The standard InChI is InChI=1S/C16H21NO4/c1-10-5-6-12(11(2)14(10)19)17-13(18)9-16(15(20)21)7-3-4-8-16/h5-6,19H,3-4,7-9H2,1-2H3,(H,17,18)(H,20,21). The zero-order chi connectivity index (χ0) is 15.6. The van der Waals surface area contributed by atoms with Crippen molar-refractivity contribution < 1.29 is 19.8 Å². The van der Waals surface area contributed by atoms with E-state index in [1.54, 1.807) is 26.0 Å². The number of anilines is 1. The van der Waals surface area contributed by atoms with Crippen LogP contribution in [0.2, 0.25) is 0 Å². The van der Waals surface area contributed by atoms with Crippen LogP contribution in [-0.2, 0) is 9.59 Å². The molecular formula is C16H21NO4. The number of phenolic OH excluding ortho intramolecular Hbond substituents is 1. The maximum atomic E-state index is 12.2. The second-order valence-electron chi connectivity index (χ2n) is 5.92. The minimum atomic E-state index is -0.926. The zero-order valence-electron chi connectivity index (χ0n) is 12.4. The van der Waals surface area contributed by atoms with Crippen LogP contribution < -0.4 is 5.32 Å². The summed E-state index contributed by atoms with van der Waals surface area (Å²) in [7, 11) is 0. The van der Waals surface area contributed by atoms with E-state index in [1.165, 1.54) is 0 Å². The third kappa shape index (κ3) is 3.01. The van der Waals surface area contributed by atoms with Crippen LogP contribution in [0.1, 0.15) is 43.2 Å². The van der Waals surface area contributed by atoms with Gasteiger partial charge in [0, 0.05) is 17.7 Å². The number of aryl methyl sites for hydroxylation is 1. The highest BCUT2D eigenvalue weighted by Crippen LogP contribution is 2.41. The zero-order valence-corrected chi connectivity index (χ0v) is 12.4. The largest absolute Gasteiger partial charge is 0.507 e. The highest BCUT2D eigenvalue weighted by molar-refractivity contribution is 5.95. The van der Waals surface area contributed by atoms with Crippen molar-refractivity contribution in [3.63, 3.8) is 0 Å². The van der Waals surface area contributed by atoms with Crippen LogP contribution in [0, 0.1) is 19.3 Å². The molecule has 5 nitrogen and oxygen atoms in total. The number of carboxylic acid groups (broad SMARTS) is 1. The molecule has 114 valence electrons. The Morgan fingerprint density at radius 1 is 1.24 bits per heavy atom. The van der Waals surface area contributed by atoms with Gasteiger partial charge in [0.2, 0.25) is 5.91 Å². The number of rotatable bonds is 4. The number of aliphatic carboxylic acids is 1. The maximum absolute atomic E-state index is 12.2. The first-order valence-electron chi connectivity index (χ1n) is 7.18. The number of hydrogen-bond donors (Lipinski definition) is 3. The lowest BCUT2D eigenvalue weighted by molar-refractivity contribution is -0.150.